The maximum Gasteiger partial charge on any atom is 0.252 e. The monoisotopic (exact) mass is 649 g/mol. The van der Waals surface area contributed by atoms with Gasteiger partial charge in [0.25, 0.3) is 11.8 Å². The number of rotatable bonds is 17. The highest BCUT2D eigenvalue weighted by Crippen LogP contribution is 2.31. The first-order chi connectivity index (χ1) is 22.7. The Morgan fingerprint density at radius 1 is 0.787 bits per heavy atom. The molecule has 7 atom stereocenters. The number of ether oxygens (including phenoxy) is 3. The topological polar surface area (TPSA) is 176 Å². The fraction of sp³-hybridized carbons (Fsp3) is 0.400. The van der Waals surface area contributed by atoms with Crippen molar-refractivity contribution in [3.05, 3.63) is 107 Å². The van der Waals surface area contributed by atoms with E-state index in [1.54, 1.807) is 60.7 Å². The van der Waals surface area contributed by atoms with Crippen molar-refractivity contribution in [2.24, 2.45) is 0 Å². The van der Waals surface area contributed by atoms with E-state index in [1.807, 2.05) is 24.3 Å². The number of aliphatic hydroxyl groups excluding tert-OH is 3. The van der Waals surface area contributed by atoms with Crippen LogP contribution < -0.4 is 16.0 Å². The zero-order valence-electron chi connectivity index (χ0n) is 26.5. The third kappa shape index (κ3) is 9.67. The molecule has 0 fully saturated rings. The number of fused-ring (bicyclic) bond motifs is 1. The van der Waals surface area contributed by atoms with Crippen molar-refractivity contribution >= 4 is 17.7 Å². The number of hydrogen-bond acceptors (Lipinski definition) is 9. The smallest absolute Gasteiger partial charge is 0.252 e. The van der Waals surface area contributed by atoms with Crippen molar-refractivity contribution in [1.29, 1.82) is 0 Å². The molecular weight excluding hydrogens is 606 g/mol. The van der Waals surface area contributed by atoms with Crippen LogP contribution in [0.1, 0.15) is 34.7 Å². The highest BCUT2D eigenvalue weighted by atomic mass is 16.5. The first-order valence-electron chi connectivity index (χ1n) is 15.5. The van der Waals surface area contributed by atoms with Gasteiger partial charge in [-0.05, 0) is 28.7 Å². The largest absolute Gasteiger partial charge is 0.390 e. The van der Waals surface area contributed by atoms with Gasteiger partial charge in [0.1, 0.15) is 18.2 Å². The average molecular weight is 650 g/mol. The van der Waals surface area contributed by atoms with Gasteiger partial charge in [-0.3, -0.25) is 14.4 Å². The second-order valence-corrected chi connectivity index (χ2v) is 11.3. The van der Waals surface area contributed by atoms with Gasteiger partial charge >= 0.3 is 0 Å². The van der Waals surface area contributed by atoms with E-state index in [4.69, 9.17) is 14.2 Å². The number of methoxy groups -OCH3 is 1. The number of carbonyl (C=O) groups is 3. The fourth-order valence-corrected chi connectivity index (χ4v) is 5.45. The molecule has 12 heteroatoms. The molecule has 47 heavy (non-hydrogen) atoms. The molecule has 3 aromatic rings. The fourth-order valence-electron chi connectivity index (χ4n) is 5.45. The molecule has 1 aliphatic rings. The van der Waals surface area contributed by atoms with Crippen molar-refractivity contribution in [1.82, 2.24) is 16.0 Å². The number of nitrogens with one attached hydrogen (secondary N) is 3. The summed E-state index contributed by atoms with van der Waals surface area (Å²) >= 11 is 0. The van der Waals surface area contributed by atoms with Crippen LogP contribution in [0, 0.1) is 0 Å². The van der Waals surface area contributed by atoms with E-state index in [2.05, 4.69) is 16.0 Å². The molecular formula is C35H43N3O9. The molecule has 252 valence electrons. The van der Waals surface area contributed by atoms with E-state index in [0.29, 0.717) is 17.5 Å². The Morgan fingerprint density at radius 2 is 1.32 bits per heavy atom. The van der Waals surface area contributed by atoms with Crippen LogP contribution in [-0.2, 0) is 48.2 Å². The Balaban J connectivity index is 1.59. The summed E-state index contributed by atoms with van der Waals surface area (Å²) in [4.78, 5) is 40.0. The average Bonchev–Trinajstić information content (AvgIpc) is 3.41. The van der Waals surface area contributed by atoms with Crippen LogP contribution in [0.2, 0.25) is 0 Å². The quantitative estimate of drug-likeness (QED) is 0.124. The van der Waals surface area contributed by atoms with Gasteiger partial charge in [0.2, 0.25) is 5.91 Å². The minimum absolute atomic E-state index is 0.107. The van der Waals surface area contributed by atoms with E-state index in [1.165, 1.54) is 14.2 Å². The van der Waals surface area contributed by atoms with Crippen LogP contribution in [0.4, 0.5) is 0 Å². The Bertz CT molecular complexity index is 1440. The second kappa shape index (κ2) is 17.7. The lowest BCUT2D eigenvalue weighted by molar-refractivity contribution is -0.171. The first kappa shape index (κ1) is 35.7. The lowest BCUT2D eigenvalue weighted by Crippen LogP contribution is -2.58. The molecule has 12 nitrogen and oxygen atoms in total. The number of benzene rings is 3. The lowest BCUT2D eigenvalue weighted by Gasteiger charge is -2.32. The van der Waals surface area contributed by atoms with Gasteiger partial charge in [0, 0.05) is 27.2 Å². The highest BCUT2D eigenvalue weighted by Gasteiger charge is 2.43. The molecule has 1 aliphatic carbocycles. The molecule has 0 aliphatic heterocycles. The Labute approximate surface area is 274 Å². The van der Waals surface area contributed by atoms with Crippen LogP contribution in [-0.4, -0.2) is 90.4 Å². The summed E-state index contributed by atoms with van der Waals surface area (Å²) in [6.07, 6.45) is -7.85. The molecule has 0 radical (unpaired) electrons. The van der Waals surface area contributed by atoms with Gasteiger partial charge < -0.3 is 45.5 Å². The van der Waals surface area contributed by atoms with Gasteiger partial charge in [0.05, 0.1) is 25.4 Å². The summed E-state index contributed by atoms with van der Waals surface area (Å²) in [6.45, 7) is -0.0764. The molecule has 0 saturated heterocycles. The molecule has 0 spiro atoms. The van der Waals surface area contributed by atoms with E-state index < -0.39 is 60.3 Å². The third-order valence-corrected chi connectivity index (χ3v) is 8.02. The van der Waals surface area contributed by atoms with Crippen LogP contribution in [0.25, 0.3) is 0 Å². The highest BCUT2D eigenvalue weighted by molar-refractivity contribution is 5.89. The predicted molar refractivity (Wildman–Crippen MR) is 172 cm³/mol. The molecule has 6 N–H and O–H groups in total. The van der Waals surface area contributed by atoms with Gasteiger partial charge in [-0.2, -0.15) is 0 Å². The zero-order valence-corrected chi connectivity index (χ0v) is 26.5. The normalized spacial score (nSPS) is 18.7. The summed E-state index contributed by atoms with van der Waals surface area (Å²) in [6, 6.07) is 23.3. The summed E-state index contributed by atoms with van der Waals surface area (Å²) in [7, 11) is 2.88. The van der Waals surface area contributed by atoms with Crippen molar-refractivity contribution < 1.29 is 43.9 Å². The first-order valence-corrected chi connectivity index (χ1v) is 15.5. The molecule has 0 bridgehead atoms. The van der Waals surface area contributed by atoms with Crippen molar-refractivity contribution in [3.63, 3.8) is 0 Å². The van der Waals surface area contributed by atoms with E-state index in [0.717, 1.165) is 11.1 Å². The number of hydrogen-bond donors (Lipinski definition) is 6. The molecule has 0 unspecified atom stereocenters. The second-order valence-electron chi connectivity index (χ2n) is 11.3. The number of aliphatic hydroxyl groups is 3. The van der Waals surface area contributed by atoms with Gasteiger partial charge in [-0.1, -0.05) is 84.9 Å². The van der Waals surface area contributed by atoms with E-state index >= 15 is 0 Å². The zero-order chi connectivity index (χ0) is 33.8. The summed E-state index contributed by atoms with van der Waals surface area (Å²) < 4.78 is 16.9. The van der Waals surface area contributed by atoms with E-state index in [9.17, 15) is 29.7 Å². The maximum absolute atomic E-state index is 13.8. The SMILES string of the molecule is CNC(=O)[C@H](CCOC)NC(=O)[C@H](OCc1ccccc1)[C@H](O)[C@@H](O)[C@@H](OCc1ccccc1)C(=O)N[C@H]1c2ccccc2C[C@H]1O. The minimum atomic E-state index is -1.99. The lowest BCUT2D eigenvalue weighted by atomic mass is 9.99. The summed E-state index contributed by atoms with van der Waals surface area (Å²) in [5.41, 5.74) is 2.97. The third-order valence-electron chi connectivity index (χ3n) is 8.02. The van der Waals surface area contributed by atoms with Gasteiger partial charge in [-0.25, -0.2) is 0 Å². The van der Waals surface area contributed by atoms with Crippen molar-refractivity contribution in [2.45, 2.75) is 68.7 Å². The maximum atomic E-state index is 13.8. The van der Waals surface area contributed by atoms with Crippen molar-refractivity contribution in [2.75, 3.05) is 20.8 Å². The number of carbonyl (C=O) groups excluding carboxylic acids is 3. The Hall–Kier alpha value is -4.17. The molecule has 3 aromatic carbocycles. The van der Waals surface area contributed by atoms with Crippen LogP contribution >= 0.6 is 0 Å². The van der Waals surface area contributed by atoms with E-state index in [-0.39, 0.29) is 26.2 Å². The standard InChI is InChI=1S/C35H43N3O9/c1-36-33(42)26(17-18-45-2)37-34(43)31(46-20-22-11-5-3-6-12-22)29(40)30(41)32(47-21-23-13-7-4-8-14-23)35(44)38-28-25-16-10-9-15-24(25)19-27(28)39/h3-16,26-32,39-41H,17-21H2,1-2H3,(H,36,42)(H,37,43)(H,38,44)/t26-,27+,28-,29+,30+,31+,32+/m0/s1. The Kier molecular flexibility index (Phi) is 13.4. The summed E-state index contributed by atoms with van der Waals surface area (Å²) in [5, 5.41) is 41.7. The van der Waals surface area contributed by atoms with Crippen LogP contribution in [0.3, 0.4) is 0 Å². The van der Waals surface area contributed by atoms with Crippen molar-refractivity contribution in [3.8, 4) is 0 Å². The number of likely N-dealkylation sites (N-methyl/N-ethyl adjacent to an activating group) is 1. The Morgan fingerprint density at radius 3 is 1.87 bits per heavy atom. The molecule has 0 aromatic heterocycles. The molecule has 0 saturated carbocycles. The molecule has 0 heterocycles. The van der Waals surface area contributed by atoms with Gasteiger partial charge in [0.15, 0.2) is 12.2 Å². The predicted octanol–water partition coefficient (Wildman–Crippen LogP) is 0.921. The molecule has 4 rings (SSSR count). The van der Waals surface area contributed by atoms with Crippen LogP contribution in [0.5, 0.6) is 0 Å². The molecule has 3 amide bonds. The van der Waals surface area contributed by atoms with Gasteiger partial charge in [-0.15, -0.1) is 0 Å². The number of amides is 3. The minimum Gasteiger partial charge on any atom is -0.390 e. The summed E-state index contributed by atoms with van der Waals surface area (Å²) in [5.74, 6) is -2.19. The van der Waals surface area contributed by atoms with Crippen LogP contribution in [0.15, 0.2) is 84.9 Å².